The Morgan fingerprint density at radius 2 is 1.72 bits per heavy atom. The molecular formula is C23H28N2O3S. The summed E-state index contributed by atoms with van der Waals surface area (Å²) < 4.78 is 27.9. The fourth-order valence-electron chi connectivity index (χ4n) is 4.62. The van der Waals surface area contributed by atoms with E-state index in [1.165, 1.54) is 25.7 Å². The van der Waals surface area contributed by atoms with Gasteiger partial charge in [0.25, 0.3) is 15.9 Å². The Balaban J connectivity index is 1.48. The lowest BCUT2D eigenvalue weighted by Crippen LogP contribution is -2.44. The summed E-state index contributed by atoms with van der Waals surface area (Å²) in [7, 11) is -3.69. The lowest BCUT2D eigenvalue weighted by molar-refractivity contribution is 0.0521. The van der Waals surface area contributed by atoms with Crippen LogP contribution in [0.5, 0.6) is 0 Å². The normalized spacial score (nSPS) is 22.0. The second-order valence-electron chi connectivity index (χ2n) is 8.34. The van der Waals surface area contributed by atoms with Crippen molar-refractivity contribution in [2.24, 2.45) is 11.8 Å². The van der Waals surface area contributed by atoms with Crippen molar-refractivity contribution < 1.29 is 13.2 Å². The van der Waals surface area contributed by atoms with E-state index in [1.807, 2.05) is 11.8 Å². The van der Waals surface area contributed by atoms with E-state index in [1.54, 1.807) is 48.5 Å². The van der Waals surface area contributed by atoms with Crippen molar-refractivity contribution in [3.63, 3.8) is 0 Å². The van der Waals surface area contributed by atoms with Crippen LogP contribution in [-0.2, 0) is 10.0 Å². The number of fused-ring (bicyclic) bond motifs is 1. The van der Waals surface area contributed by atoms with E-state index in [9.17, 15) is 13.2 Å². The van der Waals surface area contributed by atoms with Crippen LogP contribution in [0.1, 0.15) is 48.0 Å². The van der Waals surface area contributed by atoms with Crippen molar-refractivity contribution in [3.8, 4) is 0 Å². The first-order chi connectivity index (χ1) is 13.9. The maximum Gasteiger partial charge on any atom is 0.261 e. The predicted octanol–water partition coefficient (Wildman–Crippen LogP) is 4.45. The molecule has 1 aliphatic carbocycles. The summed E-state index contributed by atoms with van der Waals surface area (Å²) in [5.41, 5.74) is 1.94. The third kappa shape index (κ3) is 4.47. The van der Waals surface area contributed by atoms with Gasteiger partial charge >= 0.3 is 0 Å². The zero-order valence-electron chi connectivity index (χ0n) is 16.8. The molecule has 0 unspecified atom stereocenters. The first-order valence-corrected chi connectivity index (χ1v) is 11.9. The summed E-state index contributed by atoms with van der Waals surface area (Å²) in [6.45, 7) is 3.52. The number of piperidine rings is 1. The number of benzene rings is 2. The summed E-state index contributed by atoms with van der Waals surface area (Å²) >= 11 is 0. The first-order valence-electron chi connectivity index (χ1n) is 10.4. The van der Waals surface area contributed by atoms with E-state index in [-0.39, 0.29) is 10.8 Å². The van der Waals surface area contributed by atoms with E-state index in [2.05, 4.69) is 4.72 Å². The van der Waals surface area contributed by atoms with Gasteiger partial charge in [0.2, 0.25) is 0 Å². The molecule has 2 fully saturated rings. The Morgan fingerprint density at radius 1 is 1.00 bits per heavy atom. The SMILES string of the molecule is Cc1ccc(S(=O)(=O)Nc2cccc(C(=O)N3CC[C@H]4CCCC[C@@H]4C3)c2)cc1. The zero-order valence-corrected chi connectivity index (χ0v) is 17.6. The van der Waals surface area contributed by atoms with Gasteiger partial charge in [-0.15, -0.1) is 0 Å². The van der Waals surface area contributed by atoms with Crippen LogP contribution in [0.2, 0.25) is 0 Å². The first kappa shape index (κ1) is 20.0. The molecule has 5 nitrogen and oxygen atoms in total. The molecule has 1 saturated heterocycles. The van der Waals surface area contributed by atoms with Crippen LogP contribution in [0.25, 0.3) is 0 Å². The highest BCUT2D eigenvalue weighted by Gasteiger charge is 2.33. The molecule has 4 rings (SSSR count). The average Bonchev–Trinajstić information content (AvgIpc) is 2.73. The molecule has 0 aromatic heterocycles. The molecule has 154 valence electrons. The van der Waals surface area contributed by atoms with Crippen LogP contribution in [0.3, 0.4) is 0 Å². The minimum Gasteiger partial charge on any atom is -0.338 e. The number of carbonyl (C=O) groups is 1. The van der Waals surface area contributed by atoms with E-state index < -0.39 is 10.0 Å². The van der Waals surface area contributed by atoms with Gasteiger partial charge in [-0.2, -0.15) is 0 Å². The van der Waals surface area contributed by atoms with Crippen molar-refractivity contribution in [1.29, 1.82) is 0 Å². The lowest BCUT2D eigenvalue weighted by Gasteiger charge is -2.41. The Kier molecular flexibility index (Phi) is 5.63. The molecule has 0 bridgehead atoms. The highest BCUT2D eigenvalue weighted by molar-refractivity contribution is 7.92. The van der Waals surface area contributed by atoms with Crippen LogP contribution in [0, 0.1) is 18.8 Å². The average molecular weight is 413 g/mol. The summed E-state index contributed by atoms with van der Waals surface area (Å²) in [5.74, 6) is 1.37. The highest BCUT2D eigenvalue weighted by Crippen LogP contribution is 2.36. The van der Waals surface area contributed by atoms with Crippen LogP contribution in [0.15, 0.2) is 53.4 Å². The van der Waals surface area contributed by atoms with Crippen LogP contribution >= 0.6 is 0 Å². The molecule has 1 aliphatic heterocycles. The maximum atomic E-state index is 13.0. The van der Waals surface area contributed by atoms with Gasteiger partial charge in [0, 0.05) is 24.3 Å². The largest absolute Gasteiger partial charge is 0.338 e. The summed E-state index contributed by atoms with van der Waals surface area (Å²) in [6, 6.07) is 13.5. The number of sulfonamides is 1. The standard InChI is InChI=1S/C23H28N2O3S/c1-17-9-11-22(12-10-17)29(27,28)24-21-8-4-7-19(15-21)23(26)25-14-13-18-5-2-3-6-20(18)16-25/h4,7-12,15,18,20,24H,2-3,5-6,13-14,16H2,1H3/t18-,20-/m1/s1. The van der Waals surface area contributed by atoms with Crippen molar-refractivity contribution in [1.82, 2.24) is 4.90 Å². The molecule has 0 radical (unpaired) electrons. The van der Waals surface area contributed by atoms with E-state index in [0.29, 0.717) is 17.2 Å². The minimum atomic E-state index is -3.69. The number of hydrogen-bond acceptors (Lipinski definition) is 3. The minimum absolute atomic E-state index is 0.00888. The monoisotopic (exact) mass is 412 g/mol. The smallest absolute Gasteiger partial charge is 0.261 e. The van der Waals surface area contributed by atoms with Crippen molar-refractivity contribution in [2.45, 2.75) is 43.9 Å². The summed E-state index contributed by atoms with van der Waals surface area (Å²) in [6.07, 6.45) is 6.17. The summed E-state index contributed by atoms with van der Waals surface area (Å²) in [4.78, 5) is 15.2. The molecule has 2 atom stereocenters. The number of amides is 1. The molecule has 1 saturated carbocycles. The number of likely N-dealkylation sites (tertiary alicyclic amines) is 1. The lowest BCUT2D eigenvalue weighted by atomic mass is 9.75. The molecule has 1 heterocycles. The van der Waals surface area contributed by atoms with Crippen LogP contribution in [0.4, 0.5) is 5.69 Å². The molecule has 6 heteroatoms. The molecular weight excluding hydrogens is 384 g/mol. The van der Waals surface area contributed by atoms with Crippen molar-refractivity contribution >= 4 is 21.6 Å². The van der Waals surface area contributed by atoms with Crippen LogP contribution in [-0.4, -0.2) is 32.3 Å². The highest BCUT2D eigenvalue weighted by atomic mass is 32.2. The Bertz CT molecular complexity index is 985. The fourth-order valence-corrected chi connectivity index (χ4v) is 5.66. The van der Waals surface area contributed by atoms with E-state index in [4.69, 9.17) is 0 Å². The van der Waals surface area contributed by atoms with Gasteiger partial charge in [0.1, 0.15) is 0 Å². The number of nitrogens with zero attached hydrogens (tertiary/aromatic N) is 1. The molecule has 1 amide bonds. The van der Waals surface area contributed by atoms with Gasteiger partial charge in [0.15, 0.2) is 0 Å². The van der Waals surface area contributed by atoms with Crippen molar-refractivity contribution in [3.05, 3.63) is 59.7 Å². The molecule has 1 N–H and O–H groups in total. The Labute approximate surface area is 173 Å². The van der Waals surface area contributed by atoms with E-state index >= 15 is 0 Å². The van der Waals surface area contributed by atoms with Gasteiger partial charge in [-0.25, -0.2) is 8.42 Å². The Morgan fingerprint density at radius 3 is 2.48 bits per heavy atom. The number of rotatable bonds is 4. The molecule has 29 heavy (non-hydrogen) atoms. The second kappa shape index (κ2) is 8.19. The summed E-state index contributed by atoms with van der Waals surface area (Å²) in [5, 5.41) is 0. The third-order valence-electron chi connectivity index (χ3n) is 6.27. The van der Waals surface area contributed by atoms with Crippen LogP contribution < -0.4 is 4.72 Å². The third-order valence-corrected chi connectivity index (χ3v) is 7.67. The number of aryl methyl sites for hydroxylation is 1. The topological polar surface area (TPSA) is 66.5 Å². The molecule has 2 aromatic rings. The molecule has 2 aromatic carbocycles. The maximum absolute atomic E-state index is 13.0. The number of hydrogen-bond donors (Lipinski definition) is 1. The molecule has 2 aliphatic rings. The van der Waals surface area contributed by atoms with Gasteiger partial charge in [-0.05, 0) is 61.9 Å². The number of anilines is 1. The van der Waals surface area contributed by atoms with Crippen molar-refractivity contribution in [2.75, 3.05) is 17.8 Å². The van der Waals surface area contributed by atoms with Gasteiger partial charge in [0.05, 0.1) is 4.90 Å². The molecule has 0 spiro atoms. The quantitative estimate of drug-likeness (QED) is 0.807. The second-order valence-corrected chi connectivity index (χ2v) is 10.0. The number of carbonyl (C=O) groups excluding carboxylic acids is 1. The van der Waals surface area contributed by atoms with Gasteiger partial charge in [-0.3, -0.25) is 9.52 Å². The Hall–Kier alpha value is -2.34. The van der Waals surface area contributed by atoms with Gasteiger partial charge < -0.3 is 4.90 Å². The fraction of sp³-hybridized carbons (Fsp3) is 0.435. The predicted molar refractivity (Wildman–Crippen MR) is 114 cm³/mol. The number of nitrogens with one attached hydrogen (secondary N) is 1. The zero-order chi connectivity index (χ0) is 20.4. The van der Waals surface area contributed by atoms with Gasteiger partial charge in [-0.1, -0.05) is 43.0 Å². The van der Waals surface area contributed by atoms with E-state index in [0.717, 1.165) is 31.0 Å².